The minimum absolute atomic E-state index is 0.0506. The van der Waals surface area contributed by atoms with Gasteiger partial charge in [-0.05, 0) is 37.3 Å². The van der Waals surface area contributed by atoms with Gasteiger partial charge in [0.15, 0.2) is 0 Å². The molecular formula is C15H23N3O2. The van der Waals surface area contributed by atoms with Gasteiger partial charge in [-0.25, -0.2) is 4.98 Å². The van der Waals surface area contributed by atoms with Crippen LogP contribution in [0.15, 0.2) is 12.1 Å². The highest BCUT2D eigenvalue weighted by Crippen LogP contribution is 2.20. The van der Waals surface area contributed by atoms with Gasteiger partial charge in [-0.2, -0.15) is 0 Å². The number of ether oxygens (including phenoxy) is 1. The maximum Gasteiger partial charge on any atom is 0.254 e. The molecule has 1 unspecified atom stereocenters. The first-order valence-corrected chi connectivity index (χ1v) is 7.18. The van der Waals surface area contributed by atoms with Crippen LogP contribution in [0.25, 0.3) is 0 Å². The molecule has 2 N–H and O–H groups in total. The molecule has 0 aromatic carbocycles. The summed E-state index contributed by atoms with van der Waals surface area (Å²) in [6.45, 7) is 4.28. The Labute approximate surface area is 120 Å². The van der Waals surface area contributed by atoms with E-state index in [1.54, 1.807) is 13.2 Å². The zero-order valence-corrected chi connectivity index (χ0v) is 12.3. The first kappa shape index (κ1) is 14.8. The van der Waals surface area contributed by atoms with E-state index >= 15 is 0 Å². The largest absolute Gasteiger partial charge is 0.384 e. The number of anilines is 1. The van der Waals surface area contributed by atoms with Gasteiger partial charge in [0.05, 0.1) is 6.61 Å². The Bertz CT molecular complexity index is 474. The summed E-state index contributed by atoms with van der Waals surface area (Å²) in [7, 11) is 1.71. The molecule has 1 saturated heterocycles. The molecule has 1 aromatic rings. The lowest BCUT2D eigenvalue weighted by Gasteiger charge is -2.32. The van der Waals surface area contributed by atoms with Crippen molar-refractivity contribution in [3.63, 3.8) is 0 Å². The molecule has 20 heavy (non-hydrogen) atoms. The molecule has 1 aromatic heterocycles. The van der Waals surface area contributed by atoms with E-state index in [4.69, 9.17) is 10.5 Å². The van der Waals surface area contributed by atoms with Crippen LogP contribution < -0.4 is 5.73 Å². The van der Waals surface area contributed by atoms with Gasteiger partial charge < -0.3 is 15.4 Å². The molecule has 1 atom stereocenters. The van der Waals surface area contributed by atoms with Crippen molar-refractivity contribution < 1.29 is 9.53 Å². The normalized spacial score (nSPS) is 19.1. The summed E-state index contributed by atoms with van der Waals surface area (Å²) in [6, 6.07) is 3.51. The third-order valence-corrected chi connectivity index (χ3v) is 3.72. The number of nitrogens with two attached hydrogens (primary N) is 1. The Kier molecular flexibility index (Phi) is 4.95. The predicted molar refractivity (Wildman–Crippen MR) is 78.5 cm³/mol. The Hall–Kier alpha value is -1.62. The Balaban J connectivity index is 2.12. The number of pyridine rings is 1. The number of piperidine rings is 1. The van der Waals surface area contributed by atoms with Crippen LogP contribution in [0.2, 0.25) is 0 Å². The van der Waals surface area contributed by atoms with Crippen molar-refractivity contribution in [3.8, 4) is 0 Å². The number of carbonyl (C=O) groups is 1. The fourth-order valence-electron chi connectivity index (χ4n) is 2.72. The van der Waals surface area contributed by atoms with Crippen LogP contribution in [-0.4, -0.2) is 42.6 Å². The van der Waals surface area contributed by atoms with Crippen molar-refractivity contribution in [2.45, 2.75) is 26.2 Å². The second kappa shape index (κ2) is 6.70. The molecule has 1 aliphatic heterocycles. The van der Waals surface area contributed by atoms with Crippen LogP contribution in [0, 0.1) is 5.92 Å². The molecule has 0 spiro atoms. The van der Waals surface area contributed by atoms with Crippen LogP contribution in [0.5, 0.6) is 0 Å². The van der Waals surface area contributed by atoms with Gasteiger partial charge >= 0.3 is 0 Å². The van der Waals surface area contributed by atoms with Crippen LogP contribution in [0.3, 0.4) is 0 Å². The summed E-state index contributed by atoms with van der Waals surface area (Å²) in [5.74, 6) is 0.898. The van der Waals surface area contributed by atoms with Gasteiger partial charge in [0.2, 0.25) is 0 Å². The summed E-state index contributed by atoms with van der Waals surface area (Å²) in [5.41, 5.74) is 7.28. The number of hydrogen-bond acceptors (Lipinski definition) is 4. The van der Waals surface area contributed by atoms with E-state index in [0.717, 1.165) is 38.0 Å². The number of methoxy groups -OCH3 is 1. The molecular weight excluding hydrogens is 254 g/mol. The molecule has 5 heteroatoms. The highest BCUT2D eigenvalue weighted by atomic mass is 16.5. The monoisotopic (exact) mass is 277 g/mol. The lowest BCUT2D eigenvalue weighted by Crippen LogP contribution is -2.41. The quantitative estimate of drug-likeness (QED) is 0.910. The molecule has 1 fully saturated rings. The molecule has 0 radical (unpaired) electrons. The molecule has 110 valence electrons. The van der Waals surface area contributed by atoms with Crippen molar-refractivity contribution in [2.75, 3.05) is 32.5 Å². The molecule has 0 bridgehead atoms. The molecule has 0 aliphatic carbocycles. The van der Waals surface area contributed by atoms with Gasteiger partial charge in [0, 0.05) is 31.5 Å². The van der Waals surface area contributed by atoms with E-state index in [9.17, 15) is 4.79 Å². The zero-order chi connectivity index (χ0) is 14.5. The third kappa shape index (κ3) is 3.48. The fourth-order valence-corrected chi connectivity index (χ4v) is 2.72. The van der Waals surface area contributed by atoms with Crippen LogP contribution >= 0.6 is 0 Å². The van der Waals surface area contributed by atoms with Crippen molar-refractivity contribution in [2.24, 2.45) is 5.92 Å². The van der Waals surface area contributed by atoms with Gasteiger partial charge in [0.1, 0.15) is 5.82 Å². The Morgan fingerprint density at radius 2 is 2.35 bits per heavy atom. The highest BCUT2D eigenvalue weighted by Gasteiger charge is 2.24. The first-order chi connectivity index (χ1) is 9.63. The number of amides is 1. The van der Waals surface area contributed by atoms with E-state index < -0.39 is 0 Å². The maximum atomic E-state index is 12.6. The van der Waals surface area contributed by atoms with E-state index in [1.807, 2.05) is 17.9 Å². The number of likely N-dealkylation sites (tertiary alicyclic amines) is 1. The van der Waals surface area contributed by atoms with Crippen molar-refractivity contribution in [1.29, 1.82) is 0 Å². The minimum atomic E-state index is 0.0506. The Morgan fingerprint density at radius 1 is 1.55 bits per heavy atom. The third-order valence-electron chi connectivity index (χ3n) is 3.72. The number of aryl methyl sites for hydroxylation is 1. The van der Waals surface area contributed by atoms with Gasteiger partial charge in [-0.15, -0.1) is 0 Å². The molecule has 5 nitrogen and oxygen atoms in total. The number of rotatable bonds is 4. The van der Waals surface area contributed by atoms with Crippen LogP contribution in [0.4, 0.5) is 5.82 Å². The second-order valence-corrected chi connectivity index (χ2v) is 5.34. The van der Waals surface area contributed by atoms with Crippen molar-refractivity contribution in [1.82, 2.24) is 9.88 Å². The lowest BCUT2D eigenvalue weighted by atomic mass is 9.98. The fraction of sp³-hybridized carbons (Fsp3) is 0.600. The lowest BCUT2D eigenvalue weighted by molar-refractivity contribution is 0.0570. The summed E-state index contributed by atoms with van der Waals surface area (Å²) in [5, 5.41) is 0. The number of nitrogens with zero attached hydrogens (tertiary/aromatic N) is 2. The maximum absolute atomic E-state index is 12.6. The average molecular weight is 277 g/mol. The summed E-state index contributed by atoms with van der Waals surface area (Å²) >= 11 is 0. The Morgan fingerprint density at radius 3 is 3.05 bits per heavy atom. The van der Waals surface area contributed by atoms with Gasteiger partial charge in [0.25, 0.3) is 5.91 Å². The summed E-state index contributed by atoms with van der Waals surface area (Å²) in [6.07, 6.45) is 2.93. The second-order valence-electron chi connectivity index (χ2n) is 5.34. The van der Waals surface area contributed by atoms with Crippen LogP contribution in [-0.2, 0) is 11.2 Å². The molecule has 2 heterocycles. The topological polar surface area (TPSA) is 68.5 Å². The molecule has 1 amide bonds. The molecule has 1 aliphatic rings. The van der Waals surface area contributed by atoms with Gasteiger partial charge in [-0.1, -0.05) is 6.92 Å². The number of nitrogen functional groups attached to an aromatic ring is 1. The number of hydrogen-bond donors (Lipinski definition) is 1. The zero-order valence-electron chi connectivity index (χ0n) is 12.3. The smallest absolute Gasteiger partial charge is 0.254 e. The SMILES string of the molecule is CCc1cc(C(=O)N2CCCC(COC)C2)cc(N)n1. The average Bonchev–Trinajstić information content (AvgIpc) is 2.46. The molecule has 0 saturated carbocycles. The predicted octanol–water partition coefficient (Wildman–Crippen LogP) is 1.72. The minimum Gasteiger partial charge on any atom is -0.384 e. The van der Waals surface area contributed by atoms with Gasteiger partial charge in [-0.3, -0.25) is 4.79 Å². The summed E-state index contributed by atoms with van der Waals surface area (Å²) < 4.78 is 5.20. The van der Waals surface area contributed by atoms with E-state index in [0.29, 0.717) is 23.9 Å². The van der Waals surface area contributed by atoms with E-state index in [2.05, 4.69) is 4.98 Å². The van der Waals surface area contributed by atoms with Crippen molar-refractivity contribution in [3.05, 3.63) is 23.4 Å². The summed E-state index contributed by atoms with van der Waals surface area (Å²) in [4.78, 5) is 18.7. The molecule has 2 rings (SSSR count). The van der Waals surface area contributed by atoms with E-state index in [-0.39, 0.29) is 5.91 Å². The number of carbonyl (C=O) groups excluding carboxylic acids is 1. The highest BCUT2D eigenvalue weighted by molar-refractivity contribution is 5.95. The number of aromatic nitrogens is 1. The van der Waals surface area contributed by atoms with E-state index in [1.165, 1.54) is 0 Å². The van der Waals surface area contributed by atoms with Crippen LogP contribution in [0.1, 0.15) is 35.8 Å². The standard InChI is InChI=1S/C15H23N3O2/c1-3-13-7-12(8-14(16)17-13)15(19)18-6-4-5-11(9-18)10-20-2/h7-8,11H,3-6,9-10H2,1-2H3,(H2,16,17). The van der Waals surface area contributed by atoms with Crippen molar-refractivity contribution >= 4 is 11.7 Å². The first-order valence-electron chi connectivity index (χ1n) is 7.18.